The summed E-state index contributed by atoms with van der Waals surface area (Å²) in [5.41, 5.74) is 4.55. The number of benzene rings is 1. The van der Waals surface area contributed by atoms with Crippen molar-refractivity contribution in [2.45, 2.75) is 33.9 Å². The molecule has 2 aromatic heterocycles. The minimum absolute atomic E-state index is 0.102. The summed E-state index contributed by atoms with van der Waals surface area (Å²) in [5.74, 6) is 1.53. The number of carbonyl (C=O) groups is 1. The van der Waals surface area contributed by atoms with Gasteiger partial charge in [0, 0.05) is 5.56 Å². The molecule has 4 nitrogen and oxygen atoms in total. The van der Waals surface area contributed by atoms with E-state index < -0.39 is 0 Å². The molecule has 1 aromatic carbocycles. The van der Waals surface area contributed by atoms with Crippen LogP contribution in [-0.2, 0) is 13.2 Å². The van der Waals surface area contributed by atoms with Crippen molar-refractivity contribution in [3.05, 3.63) is 74.9 Å². The van der Waals surface area contributed by atoms with Crippen LogP contribution in [0.1, 0.15) is 37.7 Å². The lowest BCUT2D eigenvalue weighted by molar-refractivity contribution is 0.0952. The molecule has 1 amide bonds. The summed E-state index contributed by atoms with van der Waals surface area (Å²) >= 11 is 1.42. The normalized spacial score (nSPS) is 10.7. The van der Waals surface area contributed by atoms with Crippen LogP contribution in [0.25, 0.3) is 0 Å². The first-order chi connectivity index (χ1) is 12.0. The minimum Gasteiger partial charge on any atom is -0.489 e. The molecule has 0 radical (unpaired) electrons. The second kappa shape index (κ2) is 7.57. The van der Waals surface area contributed by atoms with Crippen LogP contribution in [0.2, 0.25) is 0 Å². The predicted molar refractivity (Wildman–Crippen MR) is 99.2 cm³/mol. The van der Waals surface area contributed by atoms with Gasteiger partial charge in [-0.1, -0.05) is 6.07 Å². The number of nitrogens with one attached hydrogen (secondary N) is 1. The SMILES string of the molecule is Cc1cc(C)c(C)c(OCc2csc(C(=O)NCc3ccco3)c2)c1. The number of hydrogen-bond donors (Lipinski definition) is 1. The highest BCUT2D eigenvalue weighted by Crippen LogP contribution is 2.25. The largest absolute Gasteiger partial charge is 0.489 e. The van der Waals surface area contributed by atoms with E-state index >= 15 is 0 Å². The highest BCUT2D eigenvalue weighted by Gasteiger charge is 2.11. The molecule has 0 fully saturated rings. The second-order valence-electron chi connectivity index (χ2n) is 6.07. The maximum absolute atomic E-state index is 12.2. The zero-order valence-corrected chi connectivity index (χ0v) is 15.4. The zero-order valence-electron chi connectivity index (χ0n) is 14.6. The Hall–Kier alpha value is -2.53. The zero-order chi connectivity index (χ0) is 17.8. The Balaban J connectivity index is 1.59. The fraction of sp³-hybridized carbons (Fsp3) is 0.250. The molecule has 0 spiro atoms. The van der Waals surface area contributed by atoms with Crippen LogP contribution >= 0.6 is 11.3 Å². The number of hydrogen-bond acceptors (Lipinski definition) is 4. The molecule has 0 aliphatic carbocycles. The van der Waals surface area contributed by atoms with Crippen LogP contribution in [0.4, 0.5) is 0 Å². The fourth-order valence-electron chi connectivity index (χ4n) is 2.55. The molecule has 0 aliphatic heterocycles. The Morgan fingerprint density at radius 1 is 1.24 bits per heavy atom. The lowest BCUT2D eigenvalue weighted by atomic mass is 10.1. The Bertz CT molecular complexity index is 865. The van der Waals surface area contributed by atoms with Crippen molar-refractivity contribution in [3.63, 3.8) is 0 Å². The van der Waals surface area contributed by atoms with E-state index in [1.165, 1.54) is 22.5 Å². The van der Waals surface area contributed by atoms with Crippen molar-refractivity contribution >= 4 is 17.2 Å². The first-order valence-electron chi connectivity index (χ1n) is 8.11. The van der Waals surface area contributed by atoms with Gasteiger partial charge in [-0.3, -0.25) is 4.79 Å². The van der Waals surface area contributed by atoms with Gasteiger partial charge in [-0.2, -0.15) is 0 Å². The molecule has 5 heteroatoms. The Morgan fingerprint density at radius 2 is 2.08 bits per heavy atom. The van der Waals surface area contributed by atoms with Gasteiger partial charge < -0.3 is 14.5 Å². The molecule has 1 N–H and O–H groups in total. The monoisotopic (exact) mass is 355 g/mol. The third-order valence-corrected chi connectivity index (χ3v) is 5.02. The number of furan rings is 1. The van der Waals surface area contributed by atoms with Crippen LogP contribution < -0.4 is 10.1 Å². The van der Waals surface area contributed by atoms with E-state index in [0.717, 1.165) is 22.6 Å². The average Bonchev–Trinajstić information content (AvgIpc) is 3.26. The van der Waals surface area contributed by atoms with Crippen molar-refractivity contribution in [2.24, 2.45) is 0 Å². The van der Waals surface area contributed by atoms with Gasteiger partial charge >= 0.3 is 0 Å². The van der Waals surface area contributed by atoms with Crippen LogP contribution in [-0.4, -0.2) is 5.91 Å². The van der Waals surface area contributed by atoms with Crippen LogP contribution in [0, 0.1) is 20.8 Å². The fourth-order valence-corrected chi connectivity index (χ4v) is 3.36. The molecule has 0 saturated carbocycles. The molecule has 0 bridgehead atoms. The standard InChI is InChI=1S/C20H21NO3S/c1-13-7-14(2)15(3)18(8-13)24-11-16-9-19(25-12-16)20(22)21-10-17-5-4-6-23-17/h4-9,12H,10-11H2,1-3H3,(H,21,22). The lowest BCUT2D eigenvalue weighted by Crippen LogP contribution is -2.21. The van der Waals surface area contributed by atoms with Gasteiger partial charge in [-0.15, -0.1) is 11.3 Å². The number of thiophene rings is 1. The van der Waals surface area contributed by atoms with Gasteiger partial charge in [-0.25, -0.2) is 0 Å². The van der Waals surface area contributed by atoms with E-state index in [2.05, 4.69) is 32.2 Å². The van der Waals surface area contributed by atoms with Gasteiger partial charge in [0.15, 0.2) is 0 Å². The third kappa shape index (κ3) is 4.31. The molecule has 3 aromatic rings. The maximum Gasteiger partial charge on any atom is 0.261 e. The summed E-state index contributed by atoms with van der Waals surface area (Å²) < 4.78 is 11.2. The maximum atomic E-state index is 12.2. The summed E-state index contributed by atoms with van der Waals surface area (Å²) in [6, 6.07) is 9.71. The topological polar surface area (TPSA) is 51.5 Å². The quantitative estimate of drug-likeness (QED) is 0.692. The molecular formula is C20H21NO3S. The molecule has 0 atom stereocenters. The number of rotatable bonds is 6. The molecule has 2 heterocycles. The minimum atomic E-state index is -0.102. The Kier molecular flexibility index (Phi) is 5.24. The Labute approximate surface area is 151 Å². The van der Waals surface area contributed by atoms with Gasteiger partial charge in [0.05, 0.1) is 17.7 Å². The highest BCUT2D eigenvalue weighted by atomic mass is 32.1. The second-order valence-corrected chi connectivity index (χ2v) is 6.99. The summed E-state index contributed by atoms with van der Waals surface area (Å²) in [4.78, 5) is 12.9. The highest BCUT2D eigenvalue weighted by molar-refractivity contribution is 7.12. The molecule has 3 rings (SSSR count). The van der Waals surface area contributed by atoms with E-state index in [9.17, 15) is 4.79 Å². The van der Waals surface area contributed by atoms with Crippen LogP contribution in [0.3, 0.4) is 0 Å². The van der Waals surface area contributed by atoms with Crippen LogP contribution in [0.5, 0.6) is 5.75 Å². The van der Waals surface area contributed by atoms with Crippen LogP contribution in [0.15, 0.2) is 46.4 Å². The van der Waals surface area contributed by atoms with E-state index in [0.29, 0.717) is 18.0 Å². The van der Waals surface area contributed by atoms with E-state index in [-0.39, 0.29) is 5.91 Å². The van der Waals surface area contributed by atoms with Gasteiger partial charge in [0.1, 0.15) is 18.1 Å². The van der Waals surface area contributed by atoms with Gasteiger partial charge in [0.25, 0.3) is 5.91 Å². The summed E-state index contributed by atoms with van der Waals surface area (Å²) in [6.45, 7) is 7.04. The number of carbonyl (C=O) groups excluding carboxylic acids is 1. The number of amides is 1. The smallest absolute Gasteiger partial charge is 0.261 e. The van der Waals surface area contributed by atoms with Crippen molar-refractivity contribution in [1.29, 1.82) is 0 Å². The number of aryl methyl sites for hydroxylation is 2. The first kappa shape index (κ1) is 17.3. The van der Waals surface area contributed by atoms with E-state index in [4.69, 9.17) is 9.15 Å². The molecule has 130 valence electrons. The van der Waals surface area contributed by atoms with Gasteiger partial charge in [0.2, 0.25) is 0 Å². The van der Waals surface area contributed by atoms with Gasteiger partial charge in [-0.05, 0) is 67.1 Å². The number of ether oxygens (including phenoxy) is 1. The molecule has 0 saturated heterocycles. The third-order valence-electron chi connectivity index (χ3n) is 4.04. The van der Waals surface area contributed by atoms with Crippen molar-refractivity contribution in [2.75, 3.05) is 0 Å². The summed E-state index contributed by atoms with van der Waals surface area (Å²) in [7, 11) is 0. The molecule has 0 unspecified atom stereocenters. The Morgan fingerprint density at radius 3 is 2.84 bits per heavy atom. The van der Waals surface area contributed by atoms with Crippen molar-refractivity contribution in [1.82, 2.24) is 5.32 Å². The lowest BCUT2D eigenvalue weighted by Gasteiger charge is -2.11. The van der Waals surface area contributed by atoms with Crippen molar-refractivity contribution < 1.29 is 13.9 Å². The van der Waals surface area contributed by atoms with E-state index in [1.807, 2.05) is 23.6 Å². The average molecular weight is 355 g/mol. The first-order valence-corrected chi connectivity index (χ1v) is 8.99. The van der Waals surface area contributed by atoms with E-state index in [1.54, 1.807) is 12.3 Å². The van der Waals surface area contributed by atoms with Crippen molar-refractivity contribution in [3.8, 4) is 5.75 Å². The molecular weight excluding hydrogens is 334 g/mol. The molecule has 0 aliphatic rings. The molecule has 25 heavy (non-hydrogen) atoms. The summed E-state index contributed by atoms with van der Waals surface area (Å²) in [6.07, 6.45) is 1.59. The predicted octanol–water partition coefficient (Wildman–Crippen LogP) is 4.78. The summed E-state index contributed by atoms with van der Waals surface area (Å²) in [5, 5.41) is 4.81.